The molecule has 0 fully saturated rings. The minimum absolute atomic E-state index is 0.257. The van der Waals surface area contributed by atoms with Crippen LogP contribution in [0.25, 0.3) is 0 Å². The normalized spacial score (nSPS) is 8.75. The molecule has 0 aliphatic heterocycles. The van der Waals surface area contributed by atoms with E-state index in [9.17, 15) is 9.59 Å². The Morgan fingerprint density at radius 2 is 1.88 bits per heavy atom. The number of Topliss-reactive ketones (excluding diaryl/α,β-unsaturated/α-hetero) is 2. The van der Waals surface area contributed by atoms with Crippen molar-refractivity contribution in [2.75, 3.05) is 0 Å². The highest BCUT2D eigenvalue weighted by Gasteiger charge is 2.03. The van der Waals surface area contributed by atoms with Crippen LogP contribution in [0.3, 0.4) is 0 Å². The second kappa shape index (κ2) is 3.36. The summed E-state index contributed by atoms with van der Waals surface area (Å²) < 4.78 is 0. The largest absolute Gasteiger partial charge is 0.291 e. The van der Waals surface area contributed by atoms with E-state index < -0.39 is 0 Å². The van der Waals surface area contributed by atoms with Crippen LogP contribution >= 0.6 is 0 Å². The van der Waals surface area contributed by atoms with Crippen molar-refractivity contribution in [3.8, 4) is 0 Å². The van der Waals surface area contributed by atoms with E-state index in [2.05, 4.69) is 0 Å². The molecule has 0 saturated heterocycles. The maximum atomic E-state index is 10.4. The van der Waals surface area contributed by atoms with E-state index in [0.29, 0.717) is 6.42 Å². The first-order valence-corrected chi connectivity index (χ1v) is 2.72. The Kier molecular flexibility index (Phi) is 3.08. The second-order valence-corrected chi connectivity index (χ2v) is 1.73. The Balaban J connectivity index is 3.49. The molecule has 8 heavy (non-hydrogen) atoms. The maximum absolute atomic E-state index is 10.4. The first-order valence-electron chi connectivity index (χ1n) is 2.72. The molecule has 0 amide bonds. The number of hydrogen-bond donors (Lipinski definition) is 0. The summed E-state index contributed by atoms with van der Waals surface area (Å²) in [4.78, 5) is 20.6. The summed E-state index contributed by atoms with van der Waals surface area (Å²) in [6.45, 7) is 3.18. The summed E-state index contributed by atoms with van der Waals surface area (Å²) >= 11 is 0. The molecule has 2 nitrogen and oxygen atoms in total. The fourth-order valence-electron chi connectivity index (χ4n) is 0.403. The molecule has 0 bridgehead atoms. The smallest absolute Gasteiger partial charge is 0.198 e. The van der Waals surface area contributed by atoms with Crippen LogP contribution in [-0.4, -0.2) is 11.6 Å². The molecule has 0 atom stereocenters. The third-order valence-electron chi connectivity index (χ3n) is 0.870. The molecule has 0 aromatic rings. The highest BCUT2D eigenvalue weighted by molar-refractivity contribution is 6.36. The summed E-state index contributed by atoms with van der Waals surface area (Å²) in [5.74, 6) is -0.584. The molecule has 0 unspecified atom stereocenters. The van der Waals surface area contributed by atoms with Crippen molar-refractivity contribution in [2.24, 2.45) is 0 Å². The van der Waals surface area contributed by atoms with E-state index in [1.54, 1.807) is 0 Å². The van der Waals surface area contributed by atoms with Gasteiger partial charge in [0, 0.05) is 13.3 Å². The monoisotopic (exact) mass is 114 g/mol. The standard InChI is InChI=1S/C6H10O2/c1-3-4-6(8)5(2)7/h3-4H2,1-2H3. The molecule has 0 N–H and O–H groups in total. The van der Waals surface area contributed by atoms with Crippen molar-refractivity contribution in [3.05, 3.63) is 0 Å². The number of ketones is 2. The van der Waals surface area contributed by atoms with Gasteiger partial charge < -0.3 is 0 Å². The van der Waals surface area contributed by atoms with Gasteiger partial charge in [0.05, 0.1) is 0 Å². The van der Waals surface area contributed by atoms with E-state index in [4.69, 9.17) is 0 Å². The molecule has 0 aliphatic carbocycles. The number of carbonyl (C=O) groups excluding carboxylic acids is 2. The van der Waals surface area contributed by atoms with E-state index in [1.807, 2.05) is 6.92 Å². The average Bonchev–Trinajstić information content (AvgIpc) is 1.67. The van der Waals surface area contributed by atoms with Crippen LogP contribution in [0.15, 0.2) is 0 Å². The predicted octanol–water partition coefficient (Wildman–Crippen LogP) is 0.945. The van der Waals surface area contributed by atoms with Crippen molar-refractivity contribution in [3.63, 3.8) is 0 Å². The van der Waals surface area contributed by atoms with Crippen LogP contribution in [0.4, 0.5) is 0 Å². The Bertz CT molecular complexity index is 105. The highest BCUT2D eigenvalue weighted by atomic mass is 16.2. The van der Waals surface area contributed by atoms with Crippen molar-refractivity contribution in [2.45, 2.75) is 26.7 Å². The summed E-state index contributed by atoms with van der Waals surface area (Å²) in [5.41, 5.74) is 0. The van der Waals surface area contributed by atoms with Gasteiger partial charge in [0.2, 0.25) is 0 Å². The zero-order valence-electron chi connectivity index (χ0n) is 5.23. The minimum atomic E-state index is -0.327. The molecule has 0 saturated carbocycles. The third-order valence-corrected chi connectivity index (χ3v) is 0.870. The third kappa shape index (κ3) is 2.50. The first kappa shape index (κ1) is 7.34. The predicted molar refractivity (Wildman–Crippen MR) is 30.6 cm³/mol. The molecule has 2 heteroatoms. The summed E-state index contributed by atoms with van der Waals surface area (Å²) in [6, 6.07) is 0. The van der Waals surface area contributed by atoms with E-state index in [1.165, 1.54) is 6.92 Å². The molecule has 0 aromatic carbocycles. The lowest BCUT2D eigenvalue weighted by molar-refractivity contribution is -0.135. The highest BCUT2D eigenvalue weighted by Crippen LogP contribution is 1.88. The molecule has 0 spiro atoms. The van der Waals surface area contributed by atoms with Crippen molar-refractivity contribution in [1.82, 2.24) is 0 Å². The average molecular weight is 114 g/mol. The van der Waals surface area contributed by atoms with Crippen LogP contribution in [0.5, 0.6) is 0 Å². The van der Waals surface area contributed by atoms with Gasteiger partial charge in [-0.3, -0.25) is 9.59 Å². The van der Waals surface area contributed by atoms with E-state index in [-0.39, 0.29) is 11.6 Å². The van der Waals surface area contributed by atoms with Crippen LogP contribution in [0.1, 0.15) is 26.7 Å². The first-order chi connectivity index (χ1) is 3.68. The summed E-state index contributed by atoms with van der Waals surface area (Å²) in [5, 5.41) is 0. The maximum Gasteiger partial charge on any atom is 0.198 e. The Morgan fingerprint density at radius 3 is 2.00 bits per heavy atom. The second-order valence-electron chi connectivity index (χ2n) is 1.73. The quantitative estimate of drug-likeness (QED) is 0.512. The molecule has 46 valence electrons. The zero-order valence-corrected chi connectivity index (χ0v) is 5.23. The summed E-state index contributed by atoms with van der Waals surface area (Å²) in [7, 11) is 0. The van der Waals surface area contributed by atoms with Crippen LogP contribution < -0.4 is 0 Å². The number of carbonyl (C=O) groups is 2. The molecular formula is C6H10O2. The fourth-order valence-corrected chi connectivity index (χ4v) is 0.403. The van der Waals surface area contributed by atoms with Gasteiger partial charge in [0.1, 0.15) is 0 Å². The number of hydrogen-bond acceptors (Lipinski definition) is 2. The Labute approximate surface area is 48.9 Å². The van der Waals surface area contributed by atoms with Crippen LogP contribution in [0, 0.1) is 0 Å². The van der Waals surface area contributed by atoms with E-state index in [0.717, 1.165) is 6.42 Å². The minimum Gasteiger partial charge on any atom is -0.291 e. The lowest BCUT2D eigenvalue weighted by Crippen LogP contribution is -2.07. The molecule has 0 heterocycles. The van der Waals surface area contributed by atoms with Gasteiger partial charge in [-0.05, 0) is 6.42 Å². The fraction of sp³-hybridized carbons (Fsp3) is 0.667. The van der Waals surface area contributed by atoms with Gasteiger partial charge in [-0.2, -0.15) is 0 Å². The van der Waals surface area contributed by atoms with Crippen LogP contribution in [0.2, 0.25) is 0 Å². The van der Waals surface area contributed by atoms with Crippen molar-refractivity contribution >= 4 is 11.6 Å². The molecular weight excluding hydrogens is 104 g/mol. The van der Waals surface area contributed by atoms with Gasteiger partial charge in [0.25, 0.3) is 0 Å². The lowest BCUT2D eigenvalue weighted by Gasteiger charge is -1.87. The molecule has 0 radical (unpaired) electrons. The topological polar surface area (TPSA) is 34.1 Å². The lowest BCUT2D eigenvalue weighted by atomic mass is 10.2. The molecule has 0 aliphatic rings. The molecule has 0 aromatic heterocycles. The van der Waals surface area contributed by atoms with Gasteiger partial charge in [0.15, 0.2) is 11.6 Å². The molecule has 0 rings (SSSR count). The van der Waals surface area contributed by atoms with E-state index >= 15 is 0 Å². The van der Waals surface area contributed by atoms with Gasteiger partial charge in [-0.15, -0.1) is 0 Å². The Hall–Kier alpha value is -0.660. The van der Waals surface area contributed by atoms with Gasteiger partial charge in [-0.1, -0.05) is 6.92 Å². The van der Waals surface area contributed by atoms with Crippen molar-refractivity contribution < 1.29 is 9.59 Å². The SMILES string of the molecule is CCCC(=O)C(C)=O. The van der Waals surface area contributed by atoms with Gasteiger partial charge >= 0.3 is 0 Å². The van der Waals surface area contributed by atoms with Gasteiger partial charge in [-0.25, -0.2) is 0 Å². The Morgan fingerprint density at radius 1 is 1.38 bits per heavy atom. The number of rotatable bonds is 3. The summed E-state index contributed by atoms with van der Waals surface area (Å²) in [6.07, 6.45) is 1.16. The zero-order chi connectivity index (χ0) is 6.57. The van der Waals surface area contributed by atoms with Crippen molar-refractivity contribution in [1.29, 1.82) is 0 Å². The van der Waals surface area contributed by atoms with Crippen LogP contribution in [-0.2, 0) is 9.59 Å².